The van der Waals surface area contributed by atoms with Gasteiger partial charge in [0.15, 0.2) is 5.92 Å². The average molecular weight is 399 g/mol. The molecule has 0 bridgehead atoms. The van der Waals surface area contributed by atoms with Gasteiger partial charge in [0.25, 0.3) is 0 Å². The number of hydrogen-bond acceptors (Lipinski definition) is 6. The molecular formula is C20H21N3O4S. The molecule has 2 atom stereocenters. The number of hydrogen-bond donors (Lipinski definition) is 0. The molecule has 0 spiro atoms. The molecule has 2 unspecified atom stereocenters. The third kappa shape index (κ3) is 2.98. The summed E-state index contributed by atoms with van der Waals surface area (Å²) in [4.78, 5) is 33.4. The van der Waals surface area contributed by atoms with Gasteiger partial charge in [0, 0.05) is 12.0 Å². The van der Waals surface area contributed by atoms with E-state index in [1.807, 2.05) is 46.3 Å². The summed E-state index contributed by atoms with van der Waals surface area (Å²) >= 11 is 1.51. The molecule has 1 aliphatic heterocycles. The van der Waals surface area contributed by atoms with Gasteiger partial charge in [-0.25, -0.2) is 4.98 Å². The highest BCUT2D eigenvalue weighted by Crippen LogP contribution is 2.42. The fraction of sp³-hybridized carbons (Fsp3) is 0.350. The number of rotatable bonds is 6. The second-order valence-corrected chi connectivity index (χ2v) is 7.42. The quantitative estimate of drug-likeness (QED) is 0.471. The Balaban J connectivity index is 1.95. The number of fused-ring (bicyclic) bond motifs is 3. The summed E-state index contributed by atoms with van der Waals surface area (Å²) in [6.45, 7) is 2.61. The molecule has 8 heteroatoms. The van der Waals surface area contributed by atoms with Crippen molar-refractivity contribution in [3.05, 3.63) is 46.7 Å². The number of thiophene rings is 1. The van der Waals surface area contributed by atoms with Crippen molar-refractivity contribution in [1.29, 1.82) is 0 Å². The van der Waals surface area contributed by atoms with E-state index in [1.54, 1.807) is 14.0 Å². The summed E-state index contributed by atoms with van der Waals surface area (Å²) in [5.41, 5.74) is 1.65. The molecule has 0 aliphatic carbocycles. The molecular weight excluding hydrogens is 378 g/mol. The van der Waals surface area contributed by atoms with E-state index < -0.39 is 17.9 Å². The van der Waals surface area contributed by atoms with Crippen LogP contribution in [0.2, 0.25) is 0 Å². The molecule has 146 valence electrons. The van der Waals surface area contributed by atoms with Crippen LogP contribution in [-0.4, -0.2) is 48.3 Å². The van der Waals surface area contributed by atoms with Crippen LogP contribution in [0.3, 0.4) is 0 Å². The summed E-state index contributed by atoms with van der Waals surface area (Å²) in [7, 11) is 1.58. The molecule has 4 rings (SSSR count). The first-order valence-electron chi connectivity index (χ1n) is 9.14. The minimum absolute atomic E-state index is 0.218. The molecule has 7 nitrogen and oxygen atoms in total. The number of nitrogens with zero attached hydrogens (tertiary/aromatic N) is 3. The Morgan fingerprint density at radius 1 is 1.25 bits per heavy atom. The second-order valence-electron chi connectivity index (χ2n) is 6.44. The van der Waals surface area contributed by atoms with E-state index in [2.05, 4.69) is 0 Å². The van der Waals surface area contributed by atoms with Crippen molar-refractivity contribution in [2.75, 3.05) is 31.8 Å². The van der Waals surface area contributed by atoms with Gasteiger partial charge in [-0.15, -0.1) is 11.3 Å². The minimum atomic E-state index is -0.972. The van der Waals surface area contributed by atoms with Gasteiger partial charge in [-0.05, 0) is 30.5 Å². The molecule has 3 aromatic rings. The number of amides is 1. The van der Waals surface area contributed by atoms with Crippen LogP contribution < -0.4 is 4.90 Å². The number of aromatic nitrogens is 2. The lowest BCUT2D eigenvalue weighted by molar-refractivity contribution is -0.153. The van der Waals surface area contributed by atoms with Crippen molar-refractivity contribution >= 4 is 40.2 Å². The molecule has 1 aromatic carbocycles. The van der Waals surface area contributed by atoms with E-state index in [0.717, 1.165) is 15.9 Å². The number of benzene rings is 1. The van der Waals surface area contributed by atoms with E-state index in [1.165, 1.54) is 16.2 Å². The van der Waals surface area contributed by atoms with E-state index >= 15 is 0 Å². The van der Waals surface area contributed by atoms with Gasteiger partial charge in [-0.3, -0.25) is 19.1 Å². The largest absolute Gasteiger partial charge is 0.465 e. The molecule has 0 radical (unpaired) electrons. The molecule has 1 amide bonds. The van der Waals surface area contributed by atoms with Crippen LogP contribution in [0.5, 0.6) is 0 Å². The van der Waals surface area contributed by atoms with Crippen molar-refractivity contribution in [3.63, 3.8) is 0 Å². The highest BCUT2D eigenvalue weighted by molar-refractivity contribution is 7.10. The highest BCUT2D eigenvalue weighted by atomic mass is 32.1. The van der Waals surface area contributed by atoms with Gasteiger partial charge in [-0.1, -0.05) is 18.2 Å². The van der Waals surface area contributed by atoms with Gasteiger partial charge in [0.2, 0.25) is 11.9 Å². The standard InChI is InChI=1S/C20H21N3O4S/c1-3-27-19(25)16-17(15-9-6-12-28-15)23-14-8-5-4-7-13(14)21-20(23)22(18(16)24)10-11-26-2/h4-9,12,16-17H,3,10-11H2,1-2H3. The Hall–Kier alpha value is -2.71. The van der Waals surface area contributed by atoms with Crippen LogP contribution in [0.25, 0.3) is 11.0 Å². The van der Waals surface area contributed by atoms with Crippen LogP contribution in [0, 0.1) is 5.92 Å². The van der Waals surface area contributed by atoms with Crippen LogP contribution in [0.15, 0.2) is 41.8 Å². The Labute approximate surface area is 166 Å². The summed E-state index contributed by atoms with van der Waals surface area (Å²) in [6, 6.07) is 11.1. The Kier molecular flexibility index (Phi) is 5.15. The number of anilines is 1. The summed E-state index contributed by atoms with van der Waals surface area (Å²) < 4.78 is 12.5. The Morgan fingerprint density at radius 2 is 2.07 bits per heavy atom. The SMILES string of the molecule is CCOC(=O)C1C(=O)N(CCOC)c2nc3ccccc3n2C1c1cccs1. The third-order valence-electron chi connectivity index (χ3n) is 4.84. The summed E-state index contributed by atoms with van der Waals surface area (Å²) in [5.74, 6) is -1.27. The van der Waals surface area contributed by atoms with E-state index in [4.69, 9.17) is 14.5 Å². The van der Waals surface area contributed by atoms with Gasteiger partial charge in [-0.2, -0.15) is 0 Å². The Morgan fingerprint density at radius 3 is 2.79 bits per heavy atom. The lowest BCUT2D eigenvalue weighted by Gasteiger charge is -2.37. The topological polar surface area (TPSA) is 73.7 Å². The first kappa shape index (κ1) is 18.6. The molecule has 0 saturated carbocycles. The lowest BCUT2D eigenvalue weighted by Crippen LogP contribution is -2.50. The van der Waals surface area contributed by atoms with Crippen molar-refractivity contribution in [2.24, 2.45) is 5.92 Å². The van der Waals surface area contributed by atoms with Crippen molar-refractivity contribution < 1.29 is 19.1 Å². The number of methoxy groups -OCH3 is 1. The van der Waals surface area contributed by atoms with Crippen LogP contribution in [0.1, 0.15) is 17.8 Å². The maximum absolute atomic E-state index is 13.4. The van der Waals surface area contributed by atoms with Gasteiger partial charge in [0.05, 0.1) is 36.8 Å². The lowest BCUT2D eigenvalue weighted by atomic mass is 9.94. The fourth-order valence-electron chi connectivity index (χ4n) is 3.65. The smallest absolute Gasteiger partial charge is 0.321 e. The maximum Gasteiger partial charge on any atom is 0.321 e. The number of carbonyl (C=O) groups excluding carboxylic acids is 2. The predicted octanol–water partition coefficient (Wildman–Crippen LogP) is 2.86. The minimum Gasteiger partial charge on any atom is -0.465 e. The maximum atomic E-state index is 13.4. The van der Waals surface area contributed by atoms with E-state index in [9.17, 15) is 9.59 Å². The van der Waals surface area contributed by atoms with Crippen LogP contribution in [0.4, 0.5) is 5.95 Å². The van der Waals surface area contributed by atoms with Crippen molar-refractivity contribution in [3.8, 4) is 0 Å². The number of para-hydroxylation sites is 2. The summed E-state index contributed by atoms with van der Waals surface area (Å²) in [5, 5.41) is 1.94. The fourth-order valence-corrected chi connectivity index (χ4v) is 4.50. The van der Waals surface area contributed by atoms with Crippen molar-refractivity contribution in [1.82, 2.24) is 9.55 Å². The molecule has 0 N–H and O–H groups in total. The third-order valence-corrected chi connectivity index (χ3v) is 5.78. The number of carbonyl (C=O) groups is 2. The second kappa shape index (κ2) is 7.73. The first-order valence-corrected chi connectivity index (χ1v) is 10.0. The van der Waals surface area contributed by atoms with Crippen molar-refractivity contribution in [2.45, 2.75) is 13.0 Å². The molecule has 2 aromatic heterocycles. The monoisotopic (exact) mass is 399 g/mol. The molecule has 0 saturated heterocycles. The molecule has 3 heterocycles. The molecule has 28 heavy (non-hydrogen) atoms. The number of ether oxygens (including phenoxy) is 2. The predicted molar refractivity (Wildman–Crippen MR) is 107 cm³/mol. The number of imidazole rings is 1. The zero-order valence-corrected chi connectivity index (χ0v) is 16.5. The normalized spacial score (nSPS) is 19.1. The number of esters is 1. The molecule has 0 fully saturated rings. The Bertz CT molecular complexity index is 998. The summed E-state index contributed by atoms with van der Waals surface area (Å²) in [6.07, 6.45) is 0. The zero-order chi connectivity index (χ0) is 19.7. The van der Waals surface area contributed by atoms with Gasteiger partial charge >= 0.3 is 5.97 Å². The van der Waals surface area contributed by atoms with E-state index in [0.29, 0.717) is 19.1 Å². The zero-order valence-electron chi connectivity index (χ0n) is 15.7. The van der Waals surface area contributed by atoms with E-state index in [-0.39, 0.29) is 12.5 Å². The highest BCUT2D eigenvalue weighted by Gasteiger charge is 2.48. The average Bonchev–Trinajstić information content (AvgIpc) is 3.34. The van der Waals surface area contributed by atoms with Gasteiger partial charge in [0.1, 0.15) is 0 Å². The molecule has 1 aliphatic rings. The van der Waals surface area contributed by atoms with Crippen LogP contribution >= 0.6 is 11.3 Å². The first-order chi connectivity index (χ1) is 13.7. The van der Waals surface area contributed by atoms with Crippen LogP contribution in [-0.2, 0) is 19.1 Å². The van der Waals surface area contributed by atoms with Gasteiger partial charge < -0.3 is 9.47 Å².